The first-order valence-corrected chi connectivity index (χ1v) is 12.3. The lowest BCUT2D eigenvalue weighted by Gasteiger charge is -2.31. The molecule has 0 saturated carbocycles. The minimum Gasteiger partial charge on any atom is -0.497 e. The number of carbonyl (C=O) groups excluding carboxylic acids is 1. The van der Waals surface area contributed by atoms with Crippen LogP contribution in [0.25, 0.3) is 5.69 Å². The summed E-state index contributed by atoms with van der Waals surface area (Å²) in [6.45, 7) is 8.53. The molecule has 2 heterocycles. The van der Waals surface area contributed by atoms with Crippen molar-refractivity contribution in [2.45, 2.75) is 70.1 Å². The molecule has 1 aromatic carbocycles. The van der Waals surface area contributed by atoms with Gasteiger partial charge in [-0.3, -0.25) is 14.3 Å². The number of carbonyl (C=O) groups is 1. The number of amides is 1. The molecule has 0 spiro atoms. The number of piperidine rings is 1. The minimum atomic E-state index is 0.0286. The Labute approximate surface area is 189 Å². The summed E-state index contributed by atoms with van der Waals surface area (Å²) in [5.41, 5.74) is 0.979. The molecule has 3 rings (SSSR count). The van der Waals surface area contributed by atoms with E-state index in [4.69, 9.17) is 4.74 Å². The Hall–Kier alpha value is -2.06. The molecular formula is C23H35N5O2S. The molecule has 1 aliphatic heterocycles. The van der Waals surface area contributed by atoms with Gasteiger partial charge in [-0.05, 0) is 70.5 Å². The largest absolute Gasteiger partial charge is 0.497 e. The summed E-state index contributed by atoms with van der Waals surface area (Å²) in [7, 11) is 1.66. The number of aromatic nitrogens is 3. The summed E-state index contributed by atoms with van der Waals surface area (Å²) < 4.78 is 7.41. The van der Waals surface area contributed by atoms with Gasteiger partial charge in [0.05, 0.1) is 18.9 Å². The van der Waals surface area contributed by atoms with Crippen LogP contribution in [0.3, 0.4) is 0 Å². The van der Waals surface area contributed by atoms with Crippen LogP contribution in [-0.2, 0) is 4.79 Å². The average molecular weight is 446 g/mol. The highest BCUT2D eigenvalue weighted by Gasteiger charge is 2.26. The Bertz CT molecular complexity index is 833. The third-order valence-electron chi connectivity index (χ3n) is 5.76. The number of thioether (sulfide) groups is 1. The van der Waals surface area contributed by atoms with Gasteiger partial charge >= 0.3 is 0 Å². The molecule has 0 aliphatic carbocycles. The van der Waals surface area contributed by atoms with Crippen molar-refractivity contribution in [3.05, 3.63) is 30.1 Å². The average Bonchev–Trinajstić information content (AvgIpc) is 3.22. The molecule has 1 aromatic heterocycles. The third kappa shape index (κ3) is 6.23. The van der Waals surface area contributed by atoms with Crippen molar-refractivity contribution >= 4 is 17.7 Å². The Morgan fingerprint density at radius 1 is 1.16 bits per heavy atom. The number of likely N-dealkylation sites (tertiary alicyclic amines) is 1. The first-order chi connectivity index (χ1) is 15.0. The number of hydrogen-bond donors (Lipinski definition) is 1. The van der Waals surface area contributed by atoms with Crippen molar-refractivity contribution in [3.8, 4) is 11.4 Å². The van der Waals surface area contributed by atoms with Crippen molar-refractivity contribution < 1.29 is 9.53 Å². The van der Waals surface area contributed by atoms with E-state index in [-0.39, 0.29) is 18.0 Å². The number of nitrogens with zero attached hydrogens (tertiary/aromatic N) is 4. The zero-order chi connectivity index (χ0) is 22.2. The number of ether oxygens (including phenoxy) is 1. The molecule has 1 saturated heterocycles. The van der Waals surface area contributed by atoms with Gasteiger partial charge in [0.15, 0.2) is 11.0 Å². The second-order valence-corrected chi connectivity index (χ2v) is 9.14. The summed E-state index contributed by atoms with van der Waals surface area (Å²) in [6, 6.07) is 8.26. The van der Waals surface area contributed by atoms with E-state index in [1.165, 1.54) is 31.0 Å². The van der Waals surface area contributed by atoms with E-state index >= 15 is 0 Å². The molecule has 31 heavy (non-hydrogen) atoms. The lowest BCUT2D eigenvalue weighted by Crippen LogP contribution is -2.34. The molecule has 7 nitrogen and oxygen atoms in total. The molecule has 0 unspecified atom stereocenters. The normalized spacial score (nSPS) is 16.6. The van der Waals surface area contributed by atoms with Gasteiger partial charge in [0.2, 0.25) is 5.91 Å². The predicted octanol–water partition coefficient (Wildman–Crippen LogP) is 4.22. The summed E-state index contributed by atoms with van der Waals surface area (Å²) in [6.07, 6.45) is 5.77. The van der Waals surface area contributed by atoms with Crippen molar-refractivity contribution in [2.24, 2.45) is 0 Å². The molecular weight excluding hydrogens is 410 g/mol. The summed E-state index contributed by atoms with van der Waals surface area (Å²) in [5.74, 6) is 2.07. The second kappa shape index (κ2) is 11.5. The van der Waals surface area contributed by atoms with Gasteiger partial charge in [-0.25, -0.2) is 0 Å². The molecule has 1 aliphatic rings. The number of benzene rings is 1. The standard InChI is InChI=1S/C23H35N5O2S/c1-5-9-17(2)24-21(29)16-31-23-26-25-22(18(3)27-14-7-6-8-15-27)28(23)19-10-12-20(30-4)13-11-19/h10-13,17-18H,5-9,14-16H2,1-4H3,(H,24,29)/t17-,18-/m0/s1. The van der Waals surface area contributed by atoms with Crippen LogP contribution in [0.15, 0.2) is 29.4 Å². The van der Waals surface area contributed by atoms with Crippen molar-refractivity contribution in [1.29, 1.82) is 0 Å². The van der Waals surface area contributed by atoms with Gasteiger partial charge < -0.3 is 10.1 Å². The van der Waals surface area contributed by atoms with Crippen LogP contribution in [0.4, 0.5) is 0 Å². The highest BCUT2D eigenvalue weighted by atomic mass is 32.2. The third-order valence-corrected chi connectivity index (χ3v) is 6.69. The zero-order valence-corrected chi connectivity index (χ0v) is 20.0. The minimum absolute atomic E-state index is 0.0286. The van der Waals surface area contributed by atoms with E-state index in [2.05, 4.69) is 38.8 Å². The maximum Gasteiger partial charge on any atom is 0.230 e. The number of nitrogens with one attached hydrogen (secondary N) is 1. The fourth-order valence-corrected chi connectivity index (χ4v) is 4.81. The summed E-state index contributed by atoms with van der Waals surface area (Å²) >= 11 is 1.43. The summed E-state index contributed by atoms with van der Waals surface area (Å²) in [4.78, 5) is 14.9. The predicted molar refractivity (Wildman–Crippen MR) is 125 cm³/mol. The van der Waals surface area contributed by atoms with Gasteiger partial charge in [0.1, 0.15) is 5.75 Å². The van der Waals surface area contributed by atoms with Crippen LogP contribution < -0.4 is 10.1 Å². The van der Waals surface area contributed by atoms with Crippen LogP contribution in [0.1, 0.15) is 64.7 Å². The molecule has 1 N–H and O–H groups in total. The second-order valence-electron chi connectivity index (χ2n) is 8.19. The van der Waals surface area contributed by atoms with Gasteiger partial charge in [0.25, 0.3) is 0 Å². The van der Waals surface area contributed by atoms with Crippen LogP contribution >= 0.6 is 11.8 Å². The summed E-state index contributed by atoms with van der Waals surface area (Å²) in [5, 5.41) is 12.8. The maximum absolute atomic E-state index is 12.4. The van der Waals surface area contributed by atoms with Gasteiger partial charge in [0, 0.05) is 11.7 Å². The highest BCUT2D eigenvalue weighted by Crippen LogP contribution is 2.30. The first kappa shape index (κ1) is 23.6. The molecule has 1 amide bonds. The van der Waals surface area contributed by atoms with Crippen molar-refractivity contribution in [3.63, 3.8) is 0 Å². The quantitative estimate of drug-likeness (QED) is 0.552. The smallest absolute Gasteiger partial charge is 0.230 e. The first-order valence-electron chi connectivity index (χ1n) is 11.3. The van der Waals surface area contributed by atoms with Crippen molar-refractivity contribution in [1.82, 2.24) is 25.0 Å². The van der Waals surface area contributed by atoms with E-state index in [0.717, 1.165) is 48.3 Å². The number of methoxy groups -OCH3 is 1. The van der Waals surface area contributed by atoms with E-state index in [9.17, 15) is 4.79 Å². The maximum atomic E-state index is 12.4. The Balaban J connectivity index is 1.82. The Morgan fingerprint density at radius 3 is 2.52 bits per heavy atom. The molecule has 170 valence electrons. The van der Waals surface area contributed by atoms with E-state index in [1.807, 2.05) is 31.2 Å². The molecule has 2 aromatic rings. The Morgan fingerprint density at radius 2 is 1.87 bits per heavy atom. The van der Waals surface area contributed by atoms with Crippen LogP contribution in [-0.4, -0.2) is 57.6 Å². The van der Waals surface area contributed by atoms with Crippen LogP contribution in [0.2, 0.25) is 0 Å². The lowest BCUT2D eigenvalue weighted by atomic mass is 10.1. The monoisotopic (exact) mass is 445 g/mol. The topological polar surface area (TPSA) is 72.3 Å². The fourth-order valence-electron chi connectivity index (χ4n) is 4.04. The van der Waals surface area contributed by atoms with Gasteiger partial charge in [-0.1, -0.05) is 31.5 Å². The Kier molecular flexibility index (Phi) is 8.78. The molecule has 2 atom stereocenters. The van der Waals surface area contributed by atoms with E-state index < -0.39 is 0 Å². The van der Waals surface area contributed by atoms with Gasteiger partial charge in [-0.15, -0.1) is 10.2 Å². The van der Waals surface area contributed by atoms with E-state index in [1.54, 1.807) is 7.11 Å². The van der Waals surface area contributed by atoms with Crippen LogP contribution in [0, 0.1) is 0 Å². The van der Waals surface area contributed by atoms with Crippen LogP contribution in [0.5, 0.6) is 5.75 Å². The number of rotatable bonds is 10. The zero-order valence-electron chi connectivity index (χ0n) is 19.1. The van der Waals surface area contributed by atoms with Crippen molar-refractivity contribution in [2.75, 3.05) is 26.0 Å². The molecule has 8 heteroatoms. The lowest BCUT2D eigenvalue weighted by molar-refractivity contribution is -0.119. The fraction of sp³-hybridized carbons (Fsp3) is 0.609. The molecule has 0 bridgehead atoms. The SMILES string of the molecule is CCC[C@H](C)NC(=O)CSc1nnc([C@H](C)N2CCCCC2)n1-c1ccc(OC)cc1. The highest BCUT2D eigenvalue weighted by molar-refractivity contribution is 7.99. The van der Waals surface area contributed by atoms with Gasteiger partial charge in [-0.2, -0.15) is 0 Å². The molecule has 1 fully saturated rings. The molecule has 0 radical (unpaired) electrons. The number of hydrogen-bond acceptors (Lipinski definition) is 6. The van der Waals surface area contributed by atoms with E-state index in [0.29, 0.717) is 5.75 Å².